The van der Waals surface area contributed by atoms with E-state index in [1.807, 2.05) is 0 Å². The molecule has 0 nitrogen and oxygen atoms in total. The average molecular weight is 317 g/mol. The normalized spacial score (nSPS) is 30.4. The molecule has 0 aromatic heterocycles. The van der Waals surface area contributed by atoms with Gasteiger partial charge in [0, 0.05) is 7.59 Å². The van der Waals surface area contributed by atoms with Crippen molar-refractivity contribution in [3.8, 4) is 0 Å². The third kappa shape index (κ3) is 2.85. The first kappa shape index (κ1) is 16.8. The minimum atomic E-state index is -1.51. The van der Waals surface area contributed by atoms with Gasteiger partial charge in [-0.15, -0.1) is 0 Å². The Morgan fingerprint density at radius 3 is 2.14 bits per heavy atom. The first-order chi connectivity index (χ1) is 9.70. The Hall–Kier alpha value is -0.606. The standard InChI is InChI=1S/C19H32Si2/c1-15(2)19-17(4)13-16(3)14-21(19,20(5,6)7)18-11-9-8-10-12-18/h8-13,15,17,19H,14H2,1-7H3/t17-,19+,21+/m1/s1. The quantitative estimate of drug-likeness (QED) is 0.518. The second-order valence-corrected chi connectivity index (χ2v) is 23.6. The molecular formula is C19H32Si2. The zero-order valence-electron chi connectivity index (χ0n) is 14.9. The summed E-state index contributed by atoms with van der Waals surface area (Å²) < 4.78 is 0. The molecule has 0 bridgehead atoms. The fraction of sp³-hybridized carbons (Fsp3) is 0.579. The summed E-state index contributed by atoms with van der Waals surface area (Å²) in [6.45, 7) is 17.7. The van der Waals surface area contributed by atoms with Gasteiger partial charge >= 0.3 is 0 Å². The van der Waals surface area contributed by atoms with Gasteiger partial charge in [0.05, 0.1) is 7.59 Å². The van der Waals surface area contributed by atoms with E-state index in [0.717, 1.165) is 17.4 Å². The summed E-state index contributed by atoms with van der Waals surface area (Å²) in [5.74, 6) is 1.51. The maximum atomic E-state index is 2.63. The van der Waals surface area contributed by atoms with Crippen molar-refractivity contribution in [3.05, 3.63) is 42.0 Å². The van der Waals surface area contributed by atoms with Crippen LogP contribution in [0, 0.1) is 11.8 Å². The molecule has 1 aliphatic heterocycles. The Bertz CT molecular complexity index is 510. The number of hydrogen-bond acceptors (Lipinski definition) is 0. The minimum absolute atomic E-state index is 0.734. The largest absolute Gasteiger partial charge is 0.0872 e. The van der Waals surface area contributed by atoms with Crippen molar-refractivity contribution >= 4 is 20.4 Å². The maximum absolute atomic E-state index is 2.63. The predicted octanol–water partition coefficient (Wildman–Crippen LogP) is 5.38. The molecule has 2 rings (SSSR count). The second kappa shape index (κ2) is 5.88. The molecule has 116 valence electrons. The topological polar surface area (TPSA) is 0 Å². The Morgan fingerprint density at radius 1 is 1.10 bits per heavy atom. The lowest BCUT2D eigenvalue weighted by atomic mass is 9.95. The highest BCUT2D eigenvalue weighted by atomic mass is 29.3. The van der Waals surface area contributed by atoms with Crippen LogP contribution in [0.5, 0.6) is 0 Å². The molecule has 0 N–H and O–H groups in total. The van der Waals surface area contributed by atoms with Crippen LogP contribution in [-0.2, 0) is 0 Å². The number of rotatable bonds is 3. The maximum Gasteiger partial charge on any atom is 0.0872 e. The first-order valence-corrected chi connectivity index (χ1v) is 15.2. The molecule has 0 fully saturated rings. The molecule has 0 spiro atoms. The van der Waals surface area contributed by atoms with E-state index in [-0.39, 0.29) is 0 Å². The summed E-state index contributed by atoms with van der Waals surface area (Å²) >= 11 is 0. The SMILES string of the molecule is CC1=C[C@@H](C)[C@H](C(C)C)[Si@](c2ccccc2)([Si](C)(C)C)C1. The third-order valence-corrected chi connectivity index (χ3v) is 23.5. The highest BCUT2D eigenvalue weighted by Crippen LogP contribution is 2.48. The summed E-state index contributed by atoms with van der Waals surface area (Å²) in [6.07, 6.45) is 2.57. The van der Waals surface area contributed by atoms with E-state index >= 15 is 0 Å². The van der Waals surface area contributed by atoms with E-state index in [1.54, 1.807) is 10.8 Å². The first-order valence-electron chi connectivity index (χ1n) is 8.43. The summed E-state index contributed by atoms with van der Waals surface area (Å²) in [5.41, 5.74) is 2.53. The molecule has 0 saturated heterocycles. The van der Waals surface area contributed by atoms with Gasteiger partial charge in [0.15, 0.2) is 0 Å². The van der Waals surface area contributed by atoms with Crippen molar-refractivity contribution in [2.24, 2.45) is 11.8 Å². The predicted molar refractivity (Wildman–Crippen MR) is 101 cm³/mol. The second-order valence-electron chi connectivity index (χ2n) is 8.41. The highest BCUT2D eigenvalue weighted by molar-refractivity contribution is 7.46. The van der Waals surface area contributed by atoms with Gasteiger partial charge < -0.3 is 0 Å². The summed E-state index contributed by atoms with van der Waals surface area (Å²) in [6, 6.07) is 13.0. The van der Waals surface area contributed by atoms with Gasteiger partial charge in [0.2, 0.25) is 0 Å². The molecule has 0 aliphatic carbocycles. The van der Waals surface area contributed by atoms with E-state index < -0.39 is 15.2 Å². The van der Waals surface area contributed by atoms with Gasteiger partial charge in [0.25, 0.3) is 0 Å². The molecule has 21 heavy (non-hydrogen) atoms. The number of allylic oxidation sites excluding steroid dienone is 2. The fourth-order valence-electron chi connectivity index (χ4n) is 5.02. The molecule has 0 amide bonds. The van der Waals surface area contributed by atoms with Crippen molar-refractivity contribution < 1.29 is 0 Å². The van der Waals surface area contributed by atoms with Gasteiger partial charge in [-0.3, -0.25) is 0 Å². The molecule has 0 unspecified atom stereocenters. The molecule has 2 heteroatoms. The van der Waals surface area contributed by atoms with E-state index in [4.69, 9.17) is 0 Å². The van der Waals surface area contributed by atoms with E-state index in [2.05, 4.69) is 83.7 Å². The lowest BCUT2D eigenvalue weighted by Gasteiger charge is -2.54. The van der Waals surface area contributed by atoms with Crippen molar-refractivity contribution in [1.29, 1.82) is 0 Å². The fourth-order valence-corrected chi connectivity index (χ4v) is 22.5. The van der Waals surface area contributed by atoms with Gasteiger partial charge in [0.1, 0.15) is 0 Å². The lowest BCUT2D eigenvalue weighted by molar-refractivity contribution is 0.481. The van der Waals surface area contributed by atoms with E-state index in [9.17, 15) is 0 Å². The average Bonchev–Trinajstić information content (AvgIpc) is 2.36. The summed E-state index contributed by atoms with van der Waals surface area (Å²) in [7, 11) is -2.77. The van der Waals surface area contributed by atoms with Crippen LogP contribution in [-0.4, -0.2) is 15.2 Å². The Labute approximate surface area is 133 Å². The van der Waals surface area contributed by atoms with E-state index in [0.29, 0.717) is 0 Å². The summed E-state index contributed by atoms with van der Waals surface area (Å²) in [4.78, 5) is 0. The molecule has 1 aromatic carbocycles. The van der Waals surface area contributed by atoms with Crippen LogP contribution in [0.15, 0.2) is 42.0 Å². The lowest BCUT2D eigenvalue weighted by Crippen LogP contribution is -2.70. The molecule has 1 aliphatic rings. The van der Waals surface area contributed by atoms with E-state index in [1.165, 1.54) is 6.04 Å². The van der Waals surface area contributed by atoms with Crippen LogP contribution in [0.25, 0.3) is 0 Å². The van der Waals surface area contributed by atoms with Crippen molar-refractivity contribution in [2.45, 2.75) is 58.9 Å². The van der Waals surface area contributed by atoms with Gasteiger partial charge in [-0.1, -0.05) is 87.6 Å². The molecule has 1 aromatic rings. The van der Waals surface area contributed by atoms with Crippen LogP contribution >= 0.6 is 0 Å². The highest BCUT2D eigenvalue weighted by Gasteiger charge is 2.55. The molecule has 1 heterocycles. The van der Waals surface area contributed by atoms with Crippen LogP contribution < -0.4 is 5.19 Å². The van der Waals surface area contributed by atoms with Gasteiger partial charge in [-0.05, 0) is 30.3 Å². The number of hydrogen-bond donors (Lipinski definition) is 0. The monoisotopic (exact) mass is 316 g/mol. The Morgan fingerprint density at radius 2 is 1.67 bits per heavy atom. The van der Waals surface area contributed by atoms with Crippen LogP contribution in [0.3, 0.4) is 0 Å². The zero-order valence-corrected chi connectivity index (χ0v) is 16.9. The third-order valence-electron chi connectivity index (χ3n) is 5.59. The zero-order chi connectivity index (χ0) is 15.8. The van der Waals surface area contributed by atoms with Crippen molar-refractivity contribution in [1.82, 2.24) is 0 Å². The van der Waals surface area contributed by atoms with Crippen LogP contribution in [0.2, 0.25) is 31.2 Å². The summed E-state index contributed by atoms with van der Waals surface area (Å²) in [5, 5.41) is 1.72. The molecular weight excluding hydrogens is 284 g/mol. The van der Waals surface area contributed by atoms with Gasteiger partial charge in [-0.25, -0.2) is 0 Å². The van der Waals surface area contributed by atoms with Crippen molar-refractivity contribution in [2.75, 3.05) is 0 Å². The Kier molecular flexibility index (Phi) is 4.70. The molecule has 0 radical (unpaired) electrons. The smallest absolute Gasteiger partial charge is 0.0830 e. The van der Waals surface area contributed by atoms with Gasteiger partial charge in [-0.2, -0.15) is 0 Å². The Balaban J connectivity index is 2.71. The van der Waals surface area contributed by atoms with Crippen molar-refractivity contribution in [3.63, 3.8) is 0 Å². The van der Waals surface area contributed by atoms with Crippen LogP contribution in [0.4, 0.5) is 0 Å². The minimum Gasteiger partial charge on any atom is -0.0830 e. The molecule has 0 saturated carbocycles. The molecule has 3 atom stereocenters. The number of benzene rings is 1. The van der Waals surface area contributed by atoms with Crippen LogP contribution in [0.1, 0.15) is 27.7 Å².